The maximum absolute atomic E-state index is 12.7. The molecule has 0 atom stereocenters. The van der Waals surface area contributed by atoms with Crippen LogP contribution in [0.3, 0.4) is 0 Å². The molecule has 2 heterocycles. The predicted molar refractivity (Wildman–Crippen MR) is 97.8 cm³/mol. The number of rotatable bonds is 5. The molecule has 5 nitrogen and oxygen atoms in total. The van der Waals surface area contributed by atoms with Crippen LogP contribution < -0.4 is 5.32 Å². The summed E-state index contributed by atoms with van der Waals surface area (Å²) >= 11 is 0. The molecule has 130 valence electrons. The van der Waals surface area contributed by atoms with Gasteiger partial charge in [0, 0.05) is 25.0 Å². The number of nitrogens with zero attached hydrogens (tertiary/aromatic N) is 3. The Kier molecular flexibility index (Phi) is 5.52. The minimum absolute atomic E-state index is 0.194. The van der Waals surface area contributed by atoms with Gasteiger partial charge in [0.25, 0.3) is 5.91 Å². The van der Waals surface area contributed by atoms with E-state index < -0.39 is 0 Å². The SMILES string of the molecule is Cc1cccc(-n2ccc(C#N)c2C(=O)NCCN2CCCCC2)c1. The van der Waals surface area contributed by atoms with E-state index in [1.54, 1.807) is 16.8 Å². The van der Waals surface area contributed by atoms with E-state index in [-0.39, 0.29) is 5.91 Å². The van der Waals surface area contributed by atoms with Gasteiger partial charge in [-0.1, -0.05) is 18.6 Å². The molecule has 1 aromatic heterocycles. The van der Waals surface area contributed by atoms with E-state index in [1.165, 1.54) is 19.3 Å². The van der Waals surface area contributed by atoms with Crippen LogP contribution in [-0.4, -0.2) is 41.6 Å². The molecule has 0 radical (unpaired) electrons. The Bertz CT molecular complexity index is 781. The van der Waals surface area contributed by atoms with Crippen molar-refractivity contribution in [2.75, 3.05) is 26.2 Å². The number of piperidine rings is 1. The Morgan fingerprint density at radius 1 is 1.24 bits per heavy atom. The number of likely N-dealkylation sites (tertiary alicyclic amines) is 1. The molecule has 0 aliphatic carbocycles. The summed E-state index contributed by atoms with van der Waals surface area (Å²) in [4.78, 5) is 15.1. The lowest BCUT2D eigenvalue weighted by atomic mass is 10.1. The molecule has 1 aliphatic heterocycles. The smallest absolute Gasteiger partial charge is 0.269 e. The summed E-state index contributed by atoms with van der Waals surface area (Å²) in [6, 6.07) is 11.7. The average molecular weight is 336 g/mol. The van der Waals surface area contributed by atoms with Crippen LogP contribution in [0.15, 0.2) is 36.5 Å². The summed E-state index contributed by atoms with van der Waals surface area (Å²) in [5.74, 6) is -0.194. The Balaban J connectivity index is 1.73. The first-order valence-corrected chi connectivity index (χ1v) is 8.88. The van der Waals surface area contributed by atoms with Crippen molar-refractivity contribution >= 4 is 5.91 Å². The molecule has 0 bridgehead atoms. The summed E-state index contributed by atoms with van der Waals surface area (Å²) in [6.45, 7) is 5.69. The van der Waals surface area contributed by atoms with E-state index in [0.29, 0.717) is 17.8 Å². The van der Waals surface area contributed by atoms with Crippen LogP contribution in [0.1, 0.15) is 40.9 Å². The van der Waals surface area contributed by atoms with Gasteiger partial charge in [0.15, 0.2) is 0 Å². The molecule has 3 rings (SSSR count). The molecule has 1 saturated heterocycles. The fourth-order valence-electron chi connectivity index (χ4n) is 3.34. The quantitative estimate of drug-likeness (QED) is 0.913. The number of benzene rings is 1. The van der Waals surface area contributed by atoms with Crippen molar-refractivity contribution in [3.05, 3.63) is 53.3 Å². The lowest BCUT2D eigenvalue weighted by Gasteiger charge is -2.26. The number of hydrogen-bond acceptors (Lipinski definition) is 3. The fourth-order valence-corrected chi connectivity index (χ4v) is 3.34. The second-order valence-corrected chi connectivity index (χ2v) is 6.56. The van der Waals surface area contributed by atoms with Gasteiger partial charge < -0.3 is 14.8 Å². The third kappa shape index (κ3) is 4.09. The zero-order valence-corrected chi connectivity index (χ0v) is 14.7. The Labute approximate surface area is 148 Å². The Hall–Kier alpha value is -2.58. The molecule has 1 fully saturated rings. The highest BCUT2D eigenvalue weighted by molar-refractivity contribution is 5.95. The molecule has 25 heavy (non-hydrogen) atoms. The number of aromatic nitrogens is 1. The Morgan fingerprint density at radius 2 is 2.04 bits per heavy atom. The van der Waals surface area contributed by atoms with Crippen LogP contribution in [0, 0.1) is 18.3 Å². The van der Waals surface area contributed by atoms with Gasteiger partial charge in [0.1, 0.15) is 11.8 Å². The molecule has 2 aromatic rings. The van der Waals surface area contributed by atoms with E-state index in [1.807, 2.05) is 31.2 Å². The number of amides is 1. The lowest BCUT2D eigenvalue weighted by molar-refractivity contribution is 0.0939. The standard InChI is InChI=1S/C20H24N4O/c1-16-6-5-7-18(14-16)24-12-8-17(15-21)19(24)20(25)22-9-13-23-10-3-2-4-11-23/h5-8,12,14H,2-4,9-11,13H2,1H3,(H,22,25). The summed E-state index contributed by atoms with van der Waals surface area (Å²) in [5.41, 5.74) is 2.81. The minimum atomic E-state index is -0.194. The molecular weight excluding hydrogens is 312 g/mol. The number of hydrogen-bond donors (Lipinski definition) is 1. The molecule has 1 N–H and O–H groups in total. The molecule has 0 spiro atoms. The van der Waals surface area contributed by atoms with Crippen molar-refractivity contribution in [3.8, 4) is 11.8 Å². The van der Waals surface area contributed by atoms with Crippen LogP contribution >= 0.6 is 0 Å². The Morgan fingerprint density at radius 3 is 2.76 bits per heavy atom. The van der Waals surface area contributed by atoms with Crippen molar-refractivity contribution in [1.82, 2.24) is 14.8 Å². The second kappa shape index (κ2) is 8.00. The van der Waals surface area contributed by atoms with Crippen LogP contribution in [0.25, 0.3) is 5.69 Å². The monoisotopic (exact) mass is 336 g/mol. The zero-order chi connectivity index (χ0) is 17.6. The molecule has 1 aromatic carbocycles. The van der Waals surface area contributed by atoms with Crippen molar-refractivity contribution in [3.63, 3.8) is 0 Å². The largest absolute Gasteiger partial charge is 0.349 e. The molecular formula is C20H24N4O. The van der Waals surface area contributed by atoms with Gasteiger partial charge in [0.05, 0.1) is 5.56 Å². The van der Waals surface area contributed by atoms with Crippen molar-refractivity contribution < 1.29 is 4.79 Å². The maximum Gasteiger partial charge on any atom is 0.269 e. The molecule has 5 heteroatoms. The first kappa shape index (κ1) is 17.2. The van der Waals surface area contributed by atoms with E-state index >= 15 is 0 Å². The lowest BCUT2D eigenvalue weighted by Crippen LogP contribution is -2.38. The third-order valence-electron chi connectivity index (χ3n) is 4.66. The van der Waals surface area contributed by atoms with Gasteiger partial charge in [-0.05, 0) is 56.6 Å². The van der Waals surface area contributed by atoms with Gasteiger partial charge in [-0.2, -0.15) is 5.26 Å². The first-order chi connectivity index (χ1) is 12.2. The molecule has 0 unspecified atom stereocenters. The number of nitrogens with one attached hydrogen (secondary N) is 1. The molecule has 1 aliphatic rings. The minimum Gasteiger partial charge on any atom is -0.349 e. The van der Waals surface area contributed by atoms with Crippen LogP contribution in [0.5, 0.6) is 0 Å². The fraction of sp³-hybridized carbons (Fsp3) is 0.400. The number of carbonyl (C=O) groups is 1. The van der Waals surface area contributed by atoms with Crippen molar-refractivity contribution in [2.24, 2.45) is 0 Å². The number of nitriles is 1. The van der Waals surface area contributed by atoms with Gasteiger partial charge in [-0.25, -0.2) is 0 Å². The van der Waals surface area contributed by atoms with Crippen LogP contribution in [-0.2, 0) is 0 Å². The van der Waals surface area contributed by atoms with E-state index in [4.69, 9.17) is 0 Å². The number of aryl methyl sites for hydroxylation is 1. The van der Waals surface area contributed by atoms with Crippen LogP contribution in [0.4, 0.5) is 0 Å². The summed E-state index contributed by atoms with van der Waals surface area (Å²) in [6.07, 6.45) is 5.57. The number of carbonyl (C=O) groups excluding carboxylic acids is 1. The predicted octanol–water partition coefficient (Wildman–Crippen LogP) is 2.87. The van der Waals surface area contributed by atoms with Crippen molar-refractivity contribution in [1.29, 1.82) is 5.26 Å². The highest BCUT2D eigenvalue weighted by atomic mass is 16.1. The van der Waals surface area contributed by atoms with Gasteiger partial charge in [-0.3, -0.25) is 4.79 Å². The summed E-state index contributed by atoms with van der Waals surface area (Å²) in [7, 11) is 0. The maximum atomic E-state index is 12.7. The van der Waals surface area contributed by atoms with Crippen LogP contribution in [0.2, 0.25) is 0 Å². The van der Waals surface area contributed by atoms with E-state index in [0.717, 1.165) is 30.9 Å². The zero-order valence-electron chi connectivity index (χ0n) is 14.7. The topological polar surface area (TPSA) is 61.1 Å². The van der Waals surface area contributed by atoms with Gasteiger partial charge in [-0.15, -0.1) is 0 Å². The average Bonchev–Trinajstić information content (AvgIpc) is 3.07. The molecule has 1 amide bonds. The van der Waals surface area contributed by atoms with E-state index in [9.17, 15) is 10.1 Å². The first-order valence-electron chi connectivity index (χ1n) is 8.88. The normalized spacial score (nSPS) is 14.9. The third-order valence-corrected chi connectivity index (χ3v) is 4.66. The summed E-state index contributed by atoms with van der Waals surface area (Å²) in [5, 5.41) is 12.3. The van der Waals surface area contributed by atoms with E-state index in [2.05, 4.69) is 16.3 Å². The highest BCUT2D eigenvalue weighted by Gasteiger charge is 2.18. The van der Waals surface area contributed by atoms with Gasteiger partial charge >= 0.3 is 0 Å². The van der Waals surface area contributed by atoms with Crippen molar-refractivity contribution in [2.45, 2.75) is 26.2 Å². The van der Waals surface area contributed by atoms with Gasteiger partial charge in [0.2, 0.25) is 0 Å². The molecule has 0 saturated carbocycles. The summed E-state index contributed by atoms with van der Waals surface area (Å²) < 4.78 is 1.79. The second-order valence-electron chi connectivity index (χ2n) is 6.56. The highest BCUT2D eigenvalue weighted by Crippen LogP contribution is 2.18.